The first-order valence-electron chi connectivity index (χ1n) is 11.4. The molecule has 0 fully saturated rings. The van der Waals surface area contributed by atoms with E-state index < -0.39 is 23.5 Å². The molecule has 0 heterocycles. The van der Waals surface area contributed by atoms with Crippen LogP contribution in [0.3, 0.4) is 0 Å². The van der Waals surface area contributed by atoms with E-state index in [1.165, 1.54) is 23.3 Å². The van der Waals surface area contributed by atoms with Gasteiger partial charge in [-0.2, -0.15) is 0 Å². The maximum Gasteiger partial charge on any atom is 0.271 e. The number of carbonyl (C=O) groups is 1. The van der Waals surface area contributed by atoms with E-state index in [-0.39, 0.29) is 24.3 Å². The van der Waals surface area contributed by atoms with Gasteiger partial charge in [0.05, 0.1) is 12.2 Å². The van der Waals surface area contributed by atoms with Crippen molar-refractivity contribution in [2.45, 2.75) is 52.4 Å². The molecule has 0 aromatic heterocycles. The van der Waals surface area contributed by atoms with Gasteiger partial charge < -0.3 is 9.84 Å². The highest BCUT2D eigenvalue weighted by Gasteiger charge is 2.24. The number of alkyl halides is 2. The predicted octanol–water partition coefficient (Wildman–Crippen LogP) is 6.89. The van der Waals surface area contributed by atoms with Gasteiger partial charge in [-0.25, -0.2) is 8.78 Å². The first kappa shape index (κ1) is 24.4. The maximum atomic E-state index is 13.4. The lowest BCUT2D eigenvalue weighted by Crippen LogP contribution is -2.07. The SMILES string of the molecule is CCCc1ccc(CCc2ccc(CC(=O)c3ccc(OCC)c(C(F)F)c3O)cc2)cc1. The Kier molecular flexibility index (Phi) is 8.58. The highest BCUT2D eigenvalue weighted by Crippen LogP contribution is 2.39. The summed E-state index contributed by atoms with van der Waals surface area (Å²) in [6.45, 7) is 4.02. The van der Waals surface area contributed by atoms with Crippen LogP contribution in [0.5, 0.6) is 11.5 Å². The zero-order chi connectivity index (χ0) is 23.8. The third kappa shape index (κ3) is 6.41. The Balaban J connectivity index is 1.63. The Morgan fingerprint density at radius 1 is 0.818 bits per heavy atom. The number of halogens is 2. The standard InChI is InChI=1S/C28H30F2O3/c1-3-5-19-6-8-20(9-7-19)10-11-21-12-14-22(15-13-21)18-24(31)23-16-17-25(33-4-2)26(27(23)32)28(29)30/h6-9,12-17,28,32H,3-5,10-11,18H2,1-2H3. The fraction of sp³-hybridized carbons (Fsp3) is 0.321. The number of hydrogen-bond acceptors (Lipinski definition) is 3. The topological polar surface area (TPSA) is 46.5 Å². The number of Topliss-reactive ketones (excluding diaryl/α,β-unsaturated/α-hetero) is 1. The molecule has 0 atom stereocenters. The first-order valence-corrected chi connectivity index (χ1v) is 11.4. The van der Waals surface area contributed by atoms with E-state index in [2.05, 4.69) is 31.2 Å². The zero-order valence-corrected chi connectivity index (χ0v) is 19.1. The number of aryl methyl sites for hydroxylation is 3. The molecule has 0 aliphatic heterocycles. The molecule has 0 bridgehead atoms. The van der Waals surface area contributed by atoms with Crippen LogP contribution in [-0.4, -0.2) is 17.5 Å². The van der Waals surface area contributed by atoms with E-state index in [4.69, 9.17) is 4.74 Å². The van der Waals surface area contributed by atoms with Crippen LogP contribution in [0.4, 0.5) is 8.78 Å². The summed E-state index contributed by atoms with van der Waals surface area (Å²) in [5.74, 6) is -1.23. The Labute approximate surface area is 194 Å². The van der Waals surface area contributed by atoms with Gasteiger partial charge in [0.15, 0.2) is 5.78 Å². The summed E-state index contributed by atoms with van der Waals surface area (Å²) in [6, 6.07) is 19.1. The van der Waals surface area contributed by atoms with E-state index >= 15 is 0 Å². The van der Waals surface area contributed by atoms with E-state index in [1.54, 1.807) is 6.92 Å². The second-order valence-electron chi connectivity index (χ2n) is 8.09. The van der Waals surface area contributed by atoms with Crippen LogP contribution >= 0.6 is 0 Å². The summed E-state index contributed by atoms with van der Waals surface area (Å²) < 4.78 is 32.0. The van der Waals surface area contributed by atoms with Gasteiger partial charge in [-0.1, -0.05) is 61.9 Å². The summed E-state index contributed by atoms with van der Waals surface area (Å²) >= 11 is 0. The molecule has 3 aromatic carbocycles. The Morgan fingerprint density at radius 2 is 1.33 bits per heavy atom. The van der Waals surface area contributed by atoms with Gasteiger partial charge in [0.1, 0.15) is 17.1 Å². The molecule has 0 amide bonds. The summed E-state index contributed by atoms with van der Waals surface area (Å²) in [5, 5.41) is 10.3. The molecular weight excluding hydrogens is 422 g/mol. The zero-order valence-electron chi connectivity index (χ0n) is 19.1. The minimum absolute atomic E-state index is 0.0173. The molecule has 33 heavy (non-hydrogen) atoms. The molecule has 5 heteroatoms. The minimum atomic E-state index is -2.94. The molecule has 0 saturated carbocycles. The van der Waals surface area contributed by atoms with Gasteiger partial charge in [0, 0.05) is 6.42 Å². The van der Waals surface area contributed by atoms with Gasteiger partial charge in [-0.05, 0) is 60.6 Å². The molecule has 3 nitrogen and oxygen atoms in total. The average Bonchev–Trinajstić information content (AvgIpc) is 2.80. The van der Waals surface area contributed by atoms with Crippen molar-refractivity contribution in [2.75, 3.05) is 6.61 Å². The summed E-state index contributed by atoms with van der Waals surface area (Å²) in [4.78, 5) is 12.7. The molecule has 0 radical (unpaired) electrons. The largest absolute Gasteiger partial charge is 0.507 e. The number of carbonyl (C=O) groups excluding carboxylic acids is 1. The van der Waals surface area contributed by atoms with Crippen LogP contribution in [0.2, 0.25) is 0 Å². The van der Waals surface area contributed by atoms with Crippen LogP contribution < -0.4 is 4.74 Å². The van der Waals surface area contributed by atoms with Crippen molar-refractivity contribution in [3.8, 4) is 11.5 Å². The third-order valence-corrected chi connectivity index (χ3v) is 5.65. The second kappa shape index (κ2) is 11.6. The monoisotopic (exact) mass is 452 g/mol. The number of benzene rings is 3. The summed E-state index contributed by atoms with van der Waals surface area (Å²) in [5.41, 5.74) is 3.81. The number of phenols is 1. The van der Waals surface area contributed by atoms with Crippen molar-refractivity contribution in [1.82, 2.24) is 0 Å². The van der Waals surface area contributed by atoms with Crippen LogP contribution in [-0.2, 0) is 25.7 Å². The number of phenolic OH excluding ortho intramolecular Hbond substituents is 1. The van der Waals surface area contributed by atoms with Crippen LogP contribution in [0, 0.1) is 0 Å². The maximum absolute atomic E-state index is 13.4. The molecule has 1 N–H and O–H groups in total. The van der Waals surface area contributed by atoms with Gasteiger partial charge in [-0.3, -0.25) is 4.79 Å². The Morgan fingerprint density at radius 3 is 1.82 bits per heavy atom. The summed E-state index contributed by atoms with van der Waals surface area (Å²) in [7, 11) is 0. The second-order valence-corrected chi connectivity index (χ2v) is 8.09. The van der Waals surface area contributed by atoms with Crippen molar-refractivity contribution in [3.63, 3.8) is 0 Å². The fourth-order valence-electron chi connectivity index (χ4n) is 3.86. The normalized spacial score (nSPS) is 11.1. The van der Waals surface area contributed by atoms with Crippen LogP contribution in [0.15, 0.2) is 60.7 Å². The highest BCUT2D eigenvalue weighted by molar-refractivity contribution is 6.00. The van der Waals surface area contributed by atoms with Crippen LogP contribution in [0.25, 0.3) is 0 Å². The molecule has 0 saturated heterocycles. The molecule has 0 unspecified atom stereocenters. The number of ether oxygens (including phenoxy) is 1. The van der Waals surface area contributed by atoms with E-state index in [0.29, 0.717) is 0 Å². The predicted molar refractivity (Wildman–Crippen MR) is 127 cm³/mol. The lowest BCUT2D eigenvalue weighted by molar-refractivity contribution is 0.0988. The number of aromatic hydroxyl groups is 1. The number of ketones is 1. The molecular formula is C28H30F2O3. The van der Waals surface area contributed by atoms with E-state index in [1.807, 2.05) is 24.3 Å². The smallest absolute Gasteiger partial charge is 0.271 e. The van der Waals surface area contributed by atoms with Crippen molar-refractivity contribution < 1.29 is 23.4 Å². The number of rotatable bonds is 11. The van der Waals surface area contributed by atoms with Crippen molar-refractivity contribution in [2.24, 2.45) is 0 Å². The fourth-order valence-corrected chi connectivity index (χ4v) is 3.86. The molecule has 0 aliphatic rings. The third-order valence-electron chi connectivity index (χ3n) is 5.65. The minimum Gasteiger partial charge on any atom is -0.507 e. The van der Waals surface area contributed by atoms with Crippen molar-refractivity contribution in [3.05, 3.63) is 94.0 Å². The quantitative estimate of drug-likeness (QED) is 0.322. The number of hydrogen-bond donors (Lipinski definition) is 1. The van der Waals surface area contributed by atoms with E-state index in [9.17, 15) is 18.7 Å². The molecule has 3 aromatic rings. The Bertz CT molecular complexity index is 1060. The lowest BCUT2D eigenvalue weighted by Gasteiger charge is -2.14. The van der Waals surface area contributed by atoms with Gasteiger partial charge in [-0.15, -0.1) is 0 Å². The first-order chi connectivity index (χ1) is 15.9. The average molecular weight is 453 g/mol. The molecule has 0 spiro atoms. The highest BCUT2D eigenvalue weighted by atomic mass is 19.3. The molecule has 3 rings (SSSR count). The van der Waals surface area contributed by atoms with Crippen LogP contribution in [0.1, 0.15) is 64.9 Å². The molecule has 0 aliphatic carbocycles. The Hall–Kier alpha value is -3.21. The van der Waals surface area contributed by atoms with Crippen molar-refractivity contribution in [1.29, 1.82) is 0 Å². The summed E-state index contributed by atoms with van der Waals surface area (Å²) in [6.07, 6.45) is 1.13. The van der Waals surface area contributed by atoms with Gasteiger partial charge in [0.25, 0.3) is 6.43 Å². The molecule has 174 valence electrons. The lowest BCUT2D eigenvalue weighted by atomic mass is 9.97. The van der Waals surface area contributed by atoms with Crippen molar-refractivity contribution >= 4 is 5.78 Å². The van der Waals surface area contributed by atoms with Gasteiger partial charge in [0.2, 0.25) is 0 Å². The van der Waals surface area contributed by atoms with E-state index in [0.717, 1.165) is 36.8 Å². The van der Waals surface area contributed by atoms with Gasteiger partial charge >= 0.3 is 0 Å².